The molecule has 1 fully saturated rings. The van der Waals surface area contributed by atoms with Crippen molar-refractivity contribution < 1.29 is 18.0 Å². The smallest absolute Gasteiger partial charge is 0.264 e. The molecule has 0 bridgehead atoms. The molecule has 1 saturated carbocycles. The van der Waals surface area contributed by atoms with Crippen molar-refractivity contribution in [3.8, 4) is 0 Å². The Morgan fingerprint density at radius 3 is 2.04 bits per heavy atom. The summed E-state index contributed by atoms with van der Waals surface area (Å²) in [4.78, 5) is 30.2. The second kappa shape index (κ2) is 14.8. The van der Waals surface area contributed by atoms with E-state index in [0.717, 1.165) is 41.1 Å². The Morgan fingerprint density at radius 2 is 1.42 bits per heavy atom. The lowest BCUT2D eigenvalue weighted by atomic mass is 10.0. The first kappa shape index (κ1) is 32.3. The van der Waals surface area contributed by atoms with E-state index in [1.54, 1.807) is 43.3 Å². The molecule has 0 spiro atoms. The largest absolute Gasteiger partial charge is 0.352 e. The number of benzene rings is 4. The summed E-state index contributed by atoms with van der Waals surface area (Å²) < 4.78 is 29.5. The number of carbonyl (C=O) groups is 2. The van der Waals surface area contributed by atoms with Crippen LogP contribution in [0.5, 0.6) is 0 Å². The Hall–Kier alpha value is -4.14. The Bertz CT molecular complexity index is 1700. The van der Waals surface area contributed by atoms with E-state index < -0.39 is 28.5 Å². The topological polar surface area (TPSA) is 86.8 Å². The molecule has 5 rings (SSSR count). The monoisotopic (exact) mass is 643 g/mol. The number of nitrogens with one attached hydrogen (secondary N) is 1. The lowest BCUT2D eigenvalue weighted by molar-refractivity contribution is -0.140. The van der Waals surface area contributed by atoms with Crippen LogP contribution in [0, 0.1) is 6.92 Å². The number of carbonyl (C=O) groups excluding carboxylic acids is 2. The molecule has 0 saturated heterocycles. The zero-order valence-corrected chi connectivity index (χ0v) is 26.9. The summed E-state index contributed by atoms with van der Waals surface area (Å²) in [5.41, 5.74) is 2.67. The van der Waals surface area contributed by atoms with Crippen molar-refractivity contribution in [2.24, 2.45) is 0 Å². The first-order valence-electron chi connectivity index (χ1n) is 15.2. The van der Waals surface area contributed by atoms with Crippen molar-refractivity contribution in [3.63, 3.8) is 0 Å². The molecule has 9 heteroatoms. The van der Waals surface area contributed by atoms with Crippen LogP contribution < -0.4 is 9.62 Å². The number of hydrogen-bond acceptors (Lipinski definition) is 4. The van der Waals surface area contributed by atoms with Crippen LogP contribution in [0.3, 0.4) is 0 Å². The predicted octanol–water partition coefficient (Wildman–Crippen LogP) is 6.54. The van der Waals surface area contributed by atoms with E-state index >= 15 is 0 Å². The average Bonchev–Trinajstić information content (AvgIpc) is 3.57. The zero-order valence-electron chi connectivity index (χ0n) is 25.3. The quantitative estimate of drug-likeness (QED) is 0.190. The first-order valence-corrected chi connectivity index (χ1v) is 17.1. The highest BCUT2D eigenvalue weighted by atomic mass is 35.5. The van der Waals surface area contributed by atoms with Crippen molar-refractivity contribution in [2.75, 3.05) is 10.8 Å². The molecule has 0 heterocycles. The normalized spacial score (nSPS) is 14.1. The molecule has 4 aromatic carbocycles. The summed E-state index contributed by atoms with van der Waals surface area (Å²) in [7, 11) is -4.19. The molecule has 1 atom stereocenters. The van der Waals surface area contributed by atoms with Crippen molar-refractivity contribution in [2.45, 2.75) is 62.6 Å². The molecule has 45 heavy (non-hydrogen) atoms. The number of hydrogen-bond donors (Lipinski definition) is 1. The van der Waals surface area contributed by atoms with Crippen molar-refractivity contribution in [1.29, 1.82) is 0 Å². The van der Waals surface area contributed by atoms with Crippen LogP contribution in [0.2, 0.25) is 5.02 Å². The highest BCUT2D eigenvalue weighted by Crippen LogP contribution is 2.30. The van der Waals surface area contributed by atoms with Crippen LogP contribution in [0.4, 0.5) is 5.69 Å². The van der Waals surface area contributed by atoms with Crippen molar-refractivity contribution >= 4 is 39.1 Å². The number of rotatable bonds is 12. The Morgan fingerprint density at radius 1 is 0.844 bits per heavy atom. The number of sulfonamides is 1. The molecule has 2 amide bonds. The van der Waals surface area contributed by atoms with Gasteiger partial charge >= 0.3 is 0 Å². The summed E-state index contributed by atoms with van der Waals surface area (Å²) in [6, 6.07) is 31.2. The van der Waals surface area contributed by atoms with E-state index in [1.165, 1.54) is 17.0 Å². The third-order valence-electron chi connectivity index (χ3n) is 8.22. The lowest BCUT2D eigenvalue weighted by Gasteiger charge is -2.34. The second-order valence-corrected chi connectivity index (χ2v) is 13.8. The SMILES string of the molecule is Cc1ccc(Cl)cc1N(CC(=O)N(Cc1ccccc1)[C@H](Cc1ccccc1)C(=O)NC1CCCC1)S(=O)(=O)c1ccccc1. The van der Waals surface area contributed by atoms with Crippen molar-refractivity contribution in [3.05, 3.63) is 131 Å². The molecule has 1 aliphatic carbocycles. The van der Waals surface area contributed by atoms with Gasteiger partial charge in [-0.05, 0) is 60.7 Å². The molecule has 0 unspecified atom stereocenters. The highest BCUT2D eigenvalue weighted by molar-refractivity contribution is 7.92. The van der Waals surface area contributed by atoms with Gasteiger partial charge in [0.15, 0.2) is 0 Å². The van der Waals surface area contributed by atoms with E-state index in [0.29, 0.717) is 16.3 Å². The minimum absolute atomic E-state index is 0.0478. The van der Waals surface area contributed by atoms with Gasteiger partial charge in [-0.15, -0.1) is 0 Å². The molecule has 0 aromatic heterocycles. The Balaban J connectivity index is 1.57. The maximum Gasteiger partial charge on any atom is 0.264 e. The van der Waals surface area contributed by atoms with Crippen LogP contribution in [-0.4, -0.2) is 43.8 Å². The third-order valence-corrected chi connectivity index (χ3v) is 10.2. The molecular formula is C36H38ClN3O4S. The number of anilines is 1. The number of amides is 2. The number of aryl methyl sites for hydroxylation is 1. The van der Waals surface area contributed by atoms with Gasteiger partial charge in [-0.3, -0.25) is 13.9 Å². The Labute approximate surface area is 270 Å². The van der Waals surface area contributed by atoms with Gasteiger partial charge in [0, 0.05) is 24.0 Å². The zero-order chi connectivity index (χ0) is 31.8. The van der Waals surface area contributed by atoms with Crippen molar-refractivity contribution in [1.82, 2.24) is 10.2 Å². The average molecular weight is 644 g/mol. The van der Waals surface area contributed by atoms with Crippen LogP contribution in [0.25, 0.3) is 0 Å². The molecule has 7 nitrogen and oxygen atoms in total. The summed E-state index contributed by atoms with van der Waals surface area (Å²) in [5.74, 6) is -0.744. The molecule has 1 N–H and O–H groups in total. The van der Waals surface area contributed by atoms with E-state index in [-0.39, 0.29) is 29.8 Å². The van der Waals surface area contributed by atoms with Gasteiger partial charge in [-0.25, -0.2) is 8.42 Å². The Kier molecular flexibility index (Phi) is 10.6. The van der Waals surface area contributed by atoms with Crippen LogP contribution in [-0.2, 0) is 32.6 Å². The minimum Gasteiger partial charge on any atom is -0.352 e. The maximum absolute atomic E-state index is 14.6. The second-order valence-electron chi connectivity index (χ2n) is 11.5. The third kappa shape index (κ3) is 8.12. The van der Waals surface area contributed by atoms with Gasteiger partial charge in [0.25, 0.3) is 10.0 Å². The van der Waals surface area contributed by atoms with Crippen LogP contribution in [0.15, 0.2) is 114 Å². The van der Waals surface area contributed by atoms with Gasteiger partial charge in [-0.1, -0.05) is 109 Å². The maximum atomic E-state index is 14.6. The van der Waals surface area contributed by atoms with E-state index in [4.69, 9.17) is 11.6 Å². The number of halogens is 1. The fourth-order valence-corrected chi connectivity index (χ4v) is 7.44. The fourth-order valence-electron chi connectivity index (χ4n) is 5.79. The van der Waals surface area contributed by atoms with Gasteiger partial charge in [0.1, 0.15) is 12.6 Å². The van der Waals surface area contributed by atoms with E-state index in [9.17, 15) is 18.0 Å². The van der Waals surface area contributed by atoms with Gasteiger partial charge in [-0.2, -0.15) is 0 Å². The minimum atomic E-state index is -4.19. The van der Waals surface area contributed by atoms with E-state index in [1.807, 2.05) is 60.7 Å². The molecule has 1 aliphatic rings. The highest BCUT2D eigenvalue weighted by Gasteiger charge is 2.36. The summed E-state index contributed by atoms with van der Waals surface area (Å²) >= 11 is 6.36. The number of nitrogens with zero attached hydrogens (tertiary/aromatic N) is 2. The standard InChI is InChI=1S/C36H38ClN3O4S/c1-27-21-22-30(37)24-33(27)40(45(43,44)32-19-9-4-10-20-32)26-35(41)39(25-29-15-7-3-8-16-29)34(23-28-13-5-2-6-14-28)36(42)38-31-17-11-12-18-31/h2-10,13-16,19-22,24,31,34H,11-12,17-18,23,25-26H2,1H3,(H,38,42)/t34-/m1/s1. The molecular weight excluding hydrogens is 606 g/mol. The summed E-state index contributed by atoms with van der Waals surface area (Å²) in [6.45, 7) is 1.38. The molecule has 234 valence electrons. The molecule has 0 aliphatic heterocycles. The lowest BCUT2D eigenvalue weighted by Crippen LogP contribution is -2.54. The van der Waals surface area contributed by atoms with Gasteiger partial charge in [0.2, 0.25) is 11.8 Å². The fraction of sp³-hybridized carbons (Fsp3) is 0.278. The summed E-state index contributed by atoms with van der Waals surface area (Å²) in [6.07, 6.45) is 4.17. The van der Waals surface area contributed by atoms with E-state index in [2.05, 4.69) is 5.32 Å². The predicted molar refractivity (Wildman–Crippen MR) is 178 cm³/mol. The summed E-state index contributed by atoms with van der Waals surface area (Å²) in [5, 5.41) is 3.54. The van der Waals surface area contributed by atoms with Gasteiger partial charge in [0.05, 0.1) is 10.6 Å². The van der Waals surface area contributed by atoms with Crippen LogP contribution >= 0.6 is 11.6 Å². The first-order chi connectivity index (χ1) is 21.7. The molecule has 0 radical (unpaired) electrons. The van der Waals surface area contributed by atoms with Crippen LogP contribution in [0.1, 0.15) is 42.4 Å². The van der Waals surface area contributed by atoms with Gasteiger partial charge < -0.3 is 10.2 Å². The molecule has 4 aromatic rings.